The number of hydrogen-bond acceptors (Lipinski definition) is 3. The van der Waals surface area contributed by atoms with Crippen LogP contribution in [0.2, 0.25) is 0 Å². The molecular formula is C26H33FN2S. The average Bonchev–Trinajstić information content (AvgIpc) is 3.23. The van der Waals surface area contributed by atoms with Gasteiger partial charge in [-0.1, -0.05) is 107 Å². The first-order valence-corrected chi connectivity index (χ1v) is 12.2. The lowest BCUT2D eigenvalue weighted by molar-refractivity contribution is 0.588. The minimum absolute atomic E-state index is 0.209. The van der Waals surface area contributed by atoms with E-state index in [2.05, 4.69) is 36.2 Å². The minimum Gasteiger partial charge on any atom is -0.206 e. The van der Waals surface area contributed by atoms with Crippen molar-refractivity contribution in [3.8, 4) is 21.7 Å². The van der Waals surface area contributed by atoms with Crippen molar-refractivity contribution in [2.24, 2.45) is 0 Å². The third-order valence-electron chi connectivity index (χ3n) is 5.48. The van der Waals surface area contributed by atoms with Gasteiger partial charge in [-0.05, 0) is 30.0 Å². The highest BCUT2D eigenvalue weighted by atomic mass is 32.1. The molecule has 0 aliphatic rings. The van der Waals surface area contributed by atoms with Gasteiger partial charge in [0, 0.05) is 17.5 Å². The molecule has 160 valence electrons. The molecule has 30 heavy (non-hydrogen) atoms. The first kappa shape index (κ1) is 22.6. The van der Waals surface area contributed by atoms with Crippen LogP contribution >= 0.6 is 11.3 Å². The van der Waals surface area contributed by atoms with E-state index in [-0.39, 0.29) is 5.82 Å². The number of unbranched alkanes of at least 4 members (excludes halogenated alkanes) is 6. The molecule has 0 bridgehead atoms. The molecule has 3 aromatic rings. The maximum Gasteiger partial charge on any atom is 0.147 e. The van der Waals surface area contributed by atoms with Gasteiger partial charge in [0.05, 0.1) is 0 Å². The van der Waals surface area contributed by atoms with Crippen LogP contribution < -0.4 is 0 Å². The number of aromatic nitrogens is 2. The maximum atomic E-state index is 14.8. The molecule has 2 aromatic carbocycles. The van der Waals surface area contributed by atoms with E-state index < -0.39 is 0 Å². The summed E-state index contributed by atoms with van der Waals surface area (Å²) in [6, 6.07) is 13.6. The quantitative estimate of drug-likeness (QED) is 0.273. The van der Waals surface area contributed by atoms with Crippen LogP contribution in [0.3, 0.4) is 0 Å². The number of aryl methyl sites for hydroxylation is 2. The highest BCUT2D eigenvalue weighted by Crippen LogP contribution is 2.30. The van der Waals surface area contributed by atoms with Gasteiger partial charge in [0.15, 0.2) is 0 Å². The summed E-state index contributed by atoms with van der Waals surface area (Å²) in [5.74, 6) is -0.209. The van der Waals surface area contributed by atoms with E-state index >= 15 is 0 Å². The number of rotatable bonds is 12. The zero-order valence-electron chi connectivity index (χ0n) is 18.3. The highest BCUT2D eigenvalue weighted by Gasteiger charge is 2.11. The summed E-state index contributed by atoms with van der Waals surface area (Å²) in [7, 11) is 0. The Kier molecular flexibility index (Phi) is 9.00. The van der Waals surface area contributed by atoms with E-state index in [1.54, 1.807) is 17.4 Å². The van der Waals surface area contributed by atoms with Crippen LogP contribution in [0.15, 0.2) is 42.5 Å². The lowest BCUT2D eigenvalue weighted by atomic mass is 10.0. The summed E-state index contributed by atoms with van der Waals surface area (Å²) >= 11 is 1.59. The van der Waals surface area contributed by atoms with Crippen LogP contribution in [-0.4, -0.2) is 10.2 Å². The average molecular weight is 425 g/mol. The third-order valence-corrected chi connectivity index (χ3v) is 6.51. The lowest BCUT2D eigenvalue weighted by Crippen LogP contribution is -1.88. The van der Waals surface area contributed by atoms with E-state index in [1.165, 1.54) is 44.1 Å². The molecule has 3 rings (SSSR count). The van der Waals surface area contributed by atoms with E-state index in [0.717, 1.165) is 46.8 Å². The monoisotopic (exact) mass is 424 g/mol. The second kappa shape index (κ2) is 11.9. The minimum atomic E-state index is -0.209. The van der Waals surface area contributed by atoms with Crippen molar-refractivity contribution < 1.29 is 4.39 Å². The first-order chi connectivity index (χ1) is 14.7. The van der Waals surface area contributed by atoms with Crippen LogP contribution in [0.5, 0.6) is 0 Å². The summed E-state index contributed by atoms with van der Waals surface area (Å²) in [5.41, 5.74) is 3.65. The normalized spacial score (nSPS) is 11.2. The molecule has 0 unspecified atom stereocenters. The van der Waals surface area contributed by atoms with E-state index in [4.69, 9.17) is 0 Å². The fourth-order valence-corrected chi connectivity index (χ4v) is 4.60. The van der Waals surface area contributed by atoms with Gasteiger partial charge in [0.25, 0.3) is 0 Å². The molecule has 0 spiro atoms. The van der Waals surface area contributed by atoms with E-state index in [9.17, 15) is 4.39 Å². The van der Waals surface area contributed by atoms with Crippen LogP contribution in [-0.2, 0) is 12.8 Å². The summed E-state index contributed by atoms with van der Waals surface area (Å²) in [6.07, 6.45) is 12.2. The first-order valence-electron chi connectivity index (χ1n) is 11.4. The Morgan fingerprint density at radius 3 is 2.13 bits per heavy atom. The number of benzene rings is 2. The van der Waals surface area contributed by atoms with Gasteiger partial charge < -0.3 is 0 Å². The Hall–Kier alpha value is -2.07. The Morgan fingerprint density at radius 2 is 1.43 bits per heavy atom. The summed E-state index contributed by atoms with van der Waals surface area (Å²) in [6.45, 7) is 4.41. The fourth-order valence-electron chi connectivity index (χ4n) is 3.73. The van der Waals surface area contributed by atoms with Gasteiger partial charge in [-0.15, -0.1) is 10.2 Å². The summed E-state index contributed by atoms with van der Waals surface area (Å²) in [5, 5.41) is 10.5. The van der Waals surface area contributed by atoms with Gasteiger partial charge in [-0.25, -0.2) is 4.39 Å². The van der Waals surface area contributed by atoms with Crippen LogP contribution in [0.25, 0.3) is 21.7 Å². The maximum absolute atomic E-state index is 14.8. The van der Waals surface area contributed by atoms with Gasteiger partial charge in [0.2, 0.25) is 0 Å². The van der Waals surface area contributed by atoms with Gasteiger partial charge >= 0.3 is 0 Å². The van der Waals surface area contributed by atoms with Crippen molar-refractivity contribution in [3.05, 3.63) is 58.9 Å². The predicted octanol–water partition coefficient (Wildman–Crippen LogP) is 8.26. The molecule has 0 aliphatic carbocycles. The van der Waals surface area contributed by atoms with Gasteiger partial charge in [-0.3, -0.25) is 0 Å². The number of halogens is 1. The summed E-state index contributed by atoms with van der Waals surface area (Å²) < 4.78 is 14.8. The lowest BCUT2D eigenvalue weighted by Gasteiger charge is -2.06. The molecule has 4 heteroatoms. The van der Waals surface area contributed by atoms with Crippen molar-refractivity contribution >= 4 is 11.3 Å². The van der Waals surface area contributed by atoms with E-state index in [1.807, 2.05) is 24.3 Å². The molecule has 0 N–H and O–H groups in total. The molecule has 0 fully saturated rings. The number of hydrogen-bond donors (Lipinski definition) is 0. The molecule has 2 nitrogen and oxygen atoms in total. The van der Waals surface area contributed by atoms with Crippen molar-refractivity contribution in [1.29, 1.82) is 0 Å². The molecule has 1 heterocycles. The predicted molar refractivity (Wildman–Crippen MR) is 126 cm³/mol. The second-order valence-electron chi connectivity index (χ2n) is 8.01. The molecule has 0 saturated heterocycles. The van der Waals surface area contributed by atoms with Crippen LogP contribution in [0, 0.1) is 5.82 Å². The highest BCUT2D eigenvalue weighted by molar-refractivity contribution is 7.14. The van der Waals surface area contributed by atoms with E-state index in [0.29, 0.717) is 5.56 Å². The van der Waals surface area contributed by atoms with Crippen LogP contribution in [0.1, 0.15) is 75.8 Å². The van der Waals surface area contributed by atoms with Crippen molar-refractivity contribution in [3.63, 3.8) is 0 Å². The third kappa shape index (κ3) is 6.46. The largest absolute Gasteiger partial charge is 0.206 e. The van der Waals surface area contributed by atoms with Gasteiger partial charge in [-0.2, -0.15) is 0 Å². The van der Waals surface area contributed by atoms with Crippen molar-refractivity contribution in [1.82, 2.24) is 10.2 Å². The Balaban J connectivity index is 1.57. The Morgan fingerprint density at radius 1 is 0.733 bits per heavy atom. The second-order valence-corrected chi connectivity index (χ2v) is 9.08. The zero-order valence-corrected chi connectivity index (χ0v) is 19.1. The fraction of sp³-hybridized carbons (Fsp3) is 0.462. The number of nitrogens with zero attached hydrogens (tertiary/aromatic N) is 2. The molecule has 0 atom stereocenters. The molecule has 1 aromatic heterocycles. The zero-order chi connectivity index (χ0) is 21.2. The molecule has 0 aliphatic heterocycles. The molecule has 0 saturated carbocycles. The van der Waals surface area contributed by atoms with Gasteiger partial charge in [0.1, 0.15) is 15.8 Å². The molecule has 0 radical (unpaired) electrons. The van der Waals surface area contributed by atoms with Crippen molar-refractivity contribution in [2.75, 3.05) is 0 Å². The van der Waals surface area contributed by atoms with Crippen LogP contribution in [0.4, 0.5) is 4.39 Å². The van der Waals surface area contributed by atoms with Crippen molar-refractivity contribution in [2.45, 2.75) is 78.1 Å². The standard InChI is InChI=1S/C26H33FN2S/c1-3-5-6-7-8-9-10-12-25-28-29-26(30-25)22-17-18-23(24(27)19-22)21-15-13-20(11-4-2)14-16-21/h13-19H,3-12H2,1-2H3. The smallest absolute Gasteiger partial charge is 0.147 e. The Labute approximate surface area is 184 Å². The topological polar surface area (TPSA) is 25.8 Å². The SMILES string of the molecule is CCCCCCCCCc1nnc(-c2ccc(-c3ccc(CCC)cc3)c(F)c2)s1. The Bertz CT molecular complexity index is 902. The molecular weight excluding hydrogens is 391 g/mol. The summed E-state index contributed by atoms with van der Waals surface area (Å²) in [4.78, 5) is 0. The molecule has 0 amide bonds.